The number of nitrogens with zero attached hydrogens (tertiary/aromatic N) is 2. The van der Waals surface area contributed by atoms with Crippen molar-refractivity contribution in [3.8, 4) is 0 Å². The van der Waals surface area contributed by atoms with Crippen LogP contribution in [0.5, 0.6) is 0 Å². The van der Waals surface area contributed by atoms with E-state index in [0.29, 0.717) is 32.5 Å². The van der Waals surface area contributed by atoms with Crippen molar-refractivity contribution in [3.05, 3.63) is 35.9 Å². The molecule has 1 aromatic rings. The van der Waals surface area contributed by atoms with Crippen LogP contribution in [0.3, 0.4) is 0 Å². The summed E-state index contributed by atoms with van der Waals surface area (Å²) in [5.41, 5.74) is 1.24. The highest BCUT2D eigenvalue weighted by Gasteiger charge is 2.31. The van der Waals surface area contributed by atoms with E-state index in [0.717, 1.165) is 13.1 Å². The van der Waals surface area contributed by atoms with Gasteiger partial charge in [0.15, 0.2) is 0 Å². The highest BCUT2D eigenvalue weighted by molar-refractivity contribution is 7.89. The first-order valence-corrected chi connectivity index (χ1v) is 11.7. The Morgan fingerprint density at radius 2 is 1.74 bits per heavy atom. The van der Waals surface area contributed by atoms with Gasteiger partial charge in [-0.15, -0.1) is 0 Å². The third-order valence-electron chi connectivity index (χ3n) is 5.82. The maximum atomic E-state index is 12.7. The topological polar surface area (TPSA) is 69.7 Å². The predicted molar refractivity (Wildman–Crippen MR) is 107 cm³/mol. The molecule has 1 N–H and O–H groups in total. The van der Waals surface area contributed by atoms with Gasteiger partial charge in [-0.25, -0.2) is 12.7 Å². The number of hydrogen-bond acceptors (Lipinski definition) is 4. The van der Waals surface area contributed by atoms with Gasteiger partial charge in [-0.1, -0.05) is 30.3 Å². The lowest BCUT2D eigenvalue weighted by Gasteiger charge is -2.32. The zero-order chi connectivity index (χ0) is 19.3. The van der Waals surface area contributed by atoms with Gasteiger partial charge in [0.05, 0.1) is 11.8 Å². The van der Waals surface area contributed by atoms with Gasteiger partial charge in [-0.3, -0.25) is 9.69 Å². The Morgan fingerprint density at radius 1 is 1.11 bits per heavy atom. The summed E-state index contributed by atoms with van der Waals surface area (Å²) in [6, 6.07) is 10.6. The largest absolute Gasteiger partial charge is 0.354 e. The van der Waals surface area contributed by atoms with E-state index in [2.05, 4.69) is 22.3 Å². The Labute approximate surface area is 163 Å². The molecular formula is C20H31N3O3S. The number of amides is 1. The molecule has 6 nitrogen and oxygen atoms in total. The minimum Gasteiger partial charge on any atom is -0.354 e. The highest BCUT2D eigenvalue weighted by Crippen LogP contribution is 2.25. The number of piperidine rings is 1. The predicted octanol–water partition coefficient (Wildman–Crippen LogP) is 2.00. The molecule has 2 saturated heterocycles. The molecule has 1 amide bonds. The molecule has 0 unspecified atom stereocenters. The average Bonchev–Trinajstić information content (AvgIpc) is 3.23. The maximum absolute atomic E-state index is 12.7. The van der Waals surface area contributed by atoms with E-state index in [1.54, 1.807) is 6.92 Å². The van der Waals surface area contributed by atoms with Crippen LogP contribution in [0.25, 0.3) is 0 Å². The zero-order valence-corrected chi connectivity index (χ0v) is 17.0. The number of carbonyl (C=O) groups excluding carboxylic acids is 1. The molecule has 0 aromatic heterocycles. The van der Waals surface area contributed by atoms with Crippen molar-refractivity contribution in [2.75, 3.05) is 38.5 Å². The Balaban J connectivity index is 1.55. The minimum absolute atomic E-state index is 0.0590. The van der Waals surface area contributed by atoms with Crippen LogP contribution in [0.4, 0.5) is 0 Å². The average molecular weight is 394 g/mol. The molecule has 2 aliphatic heterocycles. The molecule has 150 valence electrons. The van der Waals surface area contributed by atoms with Crippen LogP contribution in [0.2, 0.25) is 0 Å². The molecular weight excluding hydrogens is 362 g/mol. The molecule has 0 aliphatic carbocycles. The minimum atomic E-state index is -3.15. The zero-order valence-electron chi connectivity index (χ0n) is 16.1. The first-order valence-electron chi connectivity index (χ1n) is 10.1. The van der Waals surface area contributed by atoms with Gasteiger partial charge in [0, 0.05) is 25.6 Å². The molecule has 2 fully saturated rings. The number of hydrogen-bond donors (Lipinski definition) is 1. The van der Waals surface area contributed by atoms with Crippen LogP contribution in [0, 0.1) is 5.92 Å². The van der Waals surface area contributed by atoms with Crippen molar-refractivity contribution in [2.45, 2.75) is 38.6 Å². The monoisotopic (exact) mass is 393 g/mol. The fraction of sp³-hybridized carbons (Fsp3) is 0.650. The number of rotatable bonds is 7. The highest BCUT2D eigenvalue weighted by atomic mass is 32.2. The number of benzene rings is 1. The van der Waals surface area contributed by atoms with Crippen LogP contribution in [0.15, 0.2) is 30.3 Å². The Bertz CT molecular complexity index is 709. The quantitative estimate of drug-likeness (QED) is 0.769. The number of nitrogens with one attached hydrogen (secondary N) is 1. The van der Waals surface area contributed by atoms with Crippen LogP contribution >= 0.6 is 0 Å². The van der Waals surface area contributed by atoms with E-state index >= 15 is 0 Å². The molecule has 0 bridgehead atoms. The molecule has 0 radical (unpaired) electrons. The Kier molecular flexibility index (Phi) is 6.89. The summed E-state index contributed by atoms with van der Waals surface area (Å²) in [6.07, 6.45) is 3.62. The van der Waals surface area contributed by atoms with Gasteiger partial charge in [-0.05, 0) is 51.3 Å². The lowest BCUT2D eigenvalue weighted by molar-refractivity contribution is -0.126. The van der Waals surface area contributed by atoms with Crippen molar-refractivity contribution in [2.24, 2.45) is 5.92 Å². The van der Waals surface area contributed by atoms with Crippen molar-refractivity contribution in [1.82, 2.24) is 14.5 Å². The van der Waals surface area contributed by atoms with Gasteiger partial charge < -0.3 is 5.32 Å². The van der Waals surface area contributed by atoms with E-state index in [4.69, 9.17) is 0 Å². The fourth-order valence-corrected chi connectivity index (χ4v) is 5.24. The van der Waals surface area contributed by atoms with E-state index in [-0.39, 0.29) is 23.6 Å². The van der Waals surface area contributed by atoms with Gasteiger partial charge in [0.1, 0.15) is 0 Å². The number of carbonyl (C=O) groups is 1. The van der Waals surface area contributed by atoms with E-state index in [1.807, 2.05) is 18.2 Å². The summed E-state index contributed by atoms with van der Waals surface area (Å²) >= 11 is 0. The summed E-state index contributed by atoms with van der Waals surface area (Å²) in [7, 11) is -3.15. The second-order valence-corrected chi connectivity index (χ2v) is 9.75. The lowest BCUT2D eigenvalue weighted by Crippen LogP contribution is -2.45. The molecule has 1 aromatic carbocycles. The lowest BCUT2D eigenvalue weighted by atomic mass is 9.97. The molecule has 27 heavy (non-hydrogen) atoms. The summed E-state index contributed by atoms with van der Waals surface area (Å²) in [6.45, 7) is 5.31. The molecule has 0 saturated carbocycles. The van der Waals surface area contributed by atoms with E-state index < -0.39 is 10.0 Å². The van der Waals surface area contributed by atoms with Crippen molar-refractivity contribution >= 4 is 15.9 Å². The molecule has 3 rings (SSSR count). The summed E-state index contributed by atoms with van der Waals surface area (Å²) in [4.78, 5) is 15.1. The first-order chi connectivity index (χ1) is 13.0. The SMILES string of the molecule is CCS(=O)(=O)N1CCC(C(=O)NC[C@@H](c2ccccc2)N2CCCC2)CC1. The Morgan fingerprint density at radius 3 is 2.33 bits per heavy atom. The van der Waals surface area contributed by atoms with Crippen LogP contribution in [-0.4, -0.2) is 62.0 Å². The van der Waals surface area contributed by atoms with Crippen LogP contribution in [-0.2, 0) is 14.8 Å². The van der Waals surface area contributed by atoms with Gasteiger partial charge in [0.25, 0.3) is 0 Å². The third kappa shape index (κ3) is 5.09. The van der Waals surface area contributed by atoms with Crippen molar-refractivity contribution < 1.29 is 13.2 Å². The standard InChI is InChI=1S/C20H31N3O3S/c1-2-27(25,26)23-14-10-18(11-15-23)20(24)21-16-19(22-12-6-7-13-22)17-8-4-3-5-9-17/h3-5,8-9,18-19H,2,6-7,10-16H2,1H3,(H,21,24)/t19-/m0/s1. The normalized spacial score (nSPS) is 21.2. The number of sulfonamides is 1. The molecule has 2 heterocycles. The maximum Gasteiger partial charge on any atom is 0.223 e. The smallest absolute Gasteiger partial charge is 0.223 e. The summed E-state index contributed by atoms with van der Waals surface area (Å²) in [5, 5.41) is 3.15. The second kappa shape index (κ2) is 9.17. The molecule has 7 heteroatoms. The van der Waals surface area contributed by atoms with Crippen molar-refractivity contribution in [3.63, 3.8) is 0 Å². The molecule has 2 aliphatic rings. The molecule has 0 spiro atoms. The van der Waals surface area contributed by atoms with Gasteiger partial charge >= 0.3 is 0 Å². The van der Waals surface area contributed by atoms with Crippen LogP contribution < -0.4 is 5.32 Å². The van der Waals surface area contributed by atoms with E-state index in [1.165, 1.54) is 22.7 Å². The third-order valence-corrected chi connectivity index (χ3v) is 7.70. The Hall–Kier alpha value is -1.44. The fourth-order valence-electron chi connectivity index (χ4n) is 4.11. The summed E-state index contributed by atoms with van der Waals surface area (Å²) in [5.74, 6) is 0.0883. The summed E-state index contributed by atoms with van der Waals surface area (Å²) < 4.78 is 25.5. The van der Waals surface area contributed by atoms with E-state index in [9.17, 15) is 13.2 Å². The number of likely N-dealkylation sites (tertiary alicyclic amines) is 1. The second-order valence-electron chi connectivity index (χ2n) is 7.49. The van der Waals surface area contributed by atoms with Gasteiger partial charge in [-0.2, -0.15) is 0 Å². The molecule has 1 atom stereocenters. The van der Waals surface area contributed by atoms with Crippen LogP contribution in [0.1, 0.15) is 44.2 Å². The first kappa shape index (κ1) is 20.3. The van der Waals surface area contributed by atoms with Gasteiger partial charge in [0.2, 0.25) is 15.9 Å². The van der Waals surface area contributed by atoms with Crippen molar-refractivity contribution in [1.29, 1.82) is 0 Å².